The molecule has 130 valence electrons. The quantitative estimate of drug-likeness (QED) is 0.662. The first-order valence-corrected chi connectivity index (χ1v) is 9.13. The fraction of sp³-hybridized carbons (Fsp3) is 0.529. The van der Waals surface area contributed by atoms with Gasteiger partial charge in [0.05, 0.1) is 9.90 Å². The van der Waals surface area contributed by atoms with E-state index < -0.39 is 5.60 Å². The third-order valence-corrected chi connectivity index (χ3v) is 4.75. The summed E-state index contributed by atoms with van der Waals surface area (Å²) >= 11 is 2.17. The largest absolute Gasteiger partial charge is 0.444 e. The van der Waals surface area contributed by atoms with Gasteiger partial charge in [-0.05, 0) is 68.2 Å². The van der Waals surface area contributed by atoms with Crippen LogP contribution in [0.1, 0.15) is 45.1 Å². The van der Waals surface area contributed by atoms with E-state index in [0.29, 0.717) is 24.3 Å². The van der Waals surface area contributed by atoms with Crippen LogP contribution in [0.2, 0.25) is 0 Å². The van der Waals surface area contributed by atoms with Gasteiger partial charge in [-0.15, -0.1) is 0 Å². The molecule has 1 aliphatic heterocycles. The zero-order valence-corrected chi connectivity index (χ0v) is 16.2. The Kier molecular flexibility index (Phi) is 4.72. The lowest BCUT2D eigenvalue weighted by Gasteiger charge is -2.33. The topological polar surface area (TPSA) is 58.2 Å². The van der Waals surface area contributed by atoms with Crippen molar-refractivity contribution in [3.05, 3.63) is 27.3 Å². The van der Waals surface area contributed by atoms with Gasteiger partial charge >= 0.3 is 6.09 Å². The van der Waals surface area contributed by atoms with E-state index in [1.54, 1.807) is 4.90 Å². The van der Waals surface area contributed by atoms with Gasteiger partial charge in [-0.3, -0.25) is 0 Å². The highest BCUT2D eigenvalue weighted by molar-refractivity contribution is 14.1. The lowest BCUT2D eigenvalue weighted by Crippen LogP contribution is -2.41. The van der Waals surface area contributed by atoms with E-state index in [9.17, 15) is 9.18 Å². The van der Waals surface area contributed by atoms with Gasteiger partial charge in [-0.25, -0.2) is 14.2 Å². The molecule has 0 unspecified atom stereocenters. The number of pyridine rings is 1. The van der Waals surface area contributed by atoms with Crippen molar-refractivity contribution in [2.24, 2.45) is 0 Å². The van der Waals surface area contributed by atoms with Crippen LogP contribution in [0, 0.1) is 9.52 Å². The summed E-state index contributed by atoms with van der Waals surface area (Å²) in [5, 5.41) is 0.843. The zero-order valence-electron chi connectivity index (χ0n) is 14.0. The molecule has 1 N–H and O–H groups in total. The second kappa shape index (κ2) is 6.50. The summed E-state index contributed by atoms with van der Waals surface area (Å²) in [5.41, 5.74) is 0.924. The van der Waals surface area contributed by atoms with Gasteiger partial charge in [0.2, 0.25) is 0 Å². The summed E-state index contributed by atoms with van der Waals surface area (Å²) in [7, 11) is 0. The first-order chi connectivity index (χ1) is 11.2. The molecular weight excluding hydrogens is 424 g/mol. The number of nitrogens with one attached hydrogen (secondary N) is 1. The molecule has 7 heteroatoms. The third-order valence-electron chi connectivity index (χ3n) is 4.17. The van der Waals surface area contributed by atoms with Crippen LogP contribution in [0.4, 0.5) is 9.18 Å². The summed E-state index contributed by atoms with van der Waals surface area (Å²) < 4.78 is 20.8. The first kappa shape index (κ1) is 17.4. The molecule has 1 fully saturated rings. The maximum Gasteiger partial charge on any atom is 0.410 e. The fourth-order valence-corrected chi connectivity index (χ4v) is 3.70. The Hall–Kier alpha value is -1.38. The number of H-pyrrole nitrogens is 1. The minimum absolute atomic E-state index is 0.0841. The highest BCUT2D eigenvalue weighted by Crippen LogP contribution is 2.35. The number of piperidine rings is 1. The summed E-state index contributed by atoms with van der Waals surface area (Å²) in [6.07, 6.45) is 2.43. The number of carbonyl (C=O) groups is 1. The molecule has 3 rings (SSSR count). The van der Waals surface area contributed by atoms with E-state index in [2.05, 4.69) is 32.6 Å². The van der Waals surface area contributed by atoms with Crippen LogP contribution in [-0.2, 0) is 4.74 Å². The minimum atomic E-state index is -0.501. The number of ether oxygens (including phenoxy) is 1. The van der Waals surface area contributed by atoms with Crippen molar-refractivity contribution in [3.63, 3.8) is 0 Å². The van der Waals surface area contributed by atoms with Crippen LogP contribution in [0.5, 0.6) is 0 Å². The van der Waals surface area contributed by atoms with Crippen molar-refractivity contribution >= 4 is 39.7 Å². The van der Waals surface area contributed by atoms with Crippen molar-refractivity contribution in [2.75, 3.05) is 13.1 Å². The second-order valence-electron chi connectivity index (χ2n) is 7.14. The summed E-state index contributed by atoms with van der Waals surface area (Å²) in [4.78, 5) is 21.1. The van der Waals surface area contributed by atoms with Crippen molar-refractivity contribution < 1.29 is 13.9 Å². The Morgan fingerprint density at radius 2 is 2.08 bits per heavy atom. The molecule has 24 heavy (non-hydrogen) atoms. The van der Waals surface area contributed by atoms with Gasteiger partial charge in [-0.2, -0.15) is 0 Å². The molecule has 2 aromatic heterocycles. The van der Waals surface area contributed by atoms with E-state index in [4.69, 9.17) is 4.74 Å². The van der Waals surface area contributed by atoms with Gasteiger partial charge in [-0.1, -0.05) is 0 Å². The zero-order chi connectivity index (χ0) is 17.5. The number of aromatic nitrogens is 2. The Bertz CT molecular complexity index is 761. The number of hydrogen-bond acceptors (Lipinski definition) is 3. The molecule has 0 saturated carbocycles. The SMILES string of the molecule is CC(C)(C)OC(=O)N1CCC(c2c(F)cnc3[nH]c(I)cc23)CC1. The minimum Gasteiger partial charge on any atom is -0.444 e. The normalized spacial score (nSPS) is 16.6. The van der Waals surface area contributed by atoms with Crippen LogP contribution in [0.25, 0.3) is 11.0 Å². The molecule has 0 bridgehead atoms. The molecule has 2 aromatic rings. The summed E-state index contributed by atoms with van der Waals surface area (Å²) in [6, 6.07) is 1.93. The molecule has 0 radical (unpaired) electrons. The molecule has 1 amide bonds. The predicted octanol–water partition coefficient (Wildman–Crippen LogP) is 4.42. The number of amides is 1. The van der Waals surface area contributed by atoms with Crippen molar-refractivity contribution in [1.82, 2.24) is 14.9 Å². The number of carbonyl (C=O) groups excluding carboxylic acids is 1. The number of halogens is 2. The summed E-state index contributed by atoms with van der Waals surface area (Å²) in [6.45, 7) is 6.71. The second-order valence-corrected chi connectivity index (χ2v) is 8.30. The lowest BCUT2D eigenvalue weighted by molar-refractivity contribution is 0.0204. The Labute approximate surface area is 154 Å². The maximum atomic E-state index is 14.4. The number of aromatic amines is 1. The molecule has 3 heterocycles. The lowest BCUT2D eigenvalue weighted by atomic mass is 9.88. The molecule has 0 atom stereocenters. The average molecular weight is 445 g/mol. The van der Waals surface area contributed by atoms with Crippen LogP contribution in [0.15, 0.2) is 12.3 Å². The fourth-order valence-electron chi connectivity index (χ4n) is 3.13. The molecule has 0 aromatic carbocycles. The first-order valence-electron chi connectivity index (χ1n) is 8.05. The Balaban J connectivity index is 1.76. The highest BCUT2D eigenvalue weighted by Gasteiger charge is 2.29. The molecule has 0 spiro atoms. The maximum absolute atomic E-state index is 14.4. The van der Waals surface area contributed by atoms with Crippen LogP contribution >= 0.6 is 22.6 Å². The molecular formula is C17H21FIN3O2. The number of likely N-dealkylation sites (tertiary alicyclic amines) is 1. The smallest absolute Gasteiger partial charge is 0.410 e. The van der Waals surface area contributed by atoms with Gasteiger partial charge < -0.3 is 14.6 Å². The van der Waals surface area contributed by atoms with Gasteiger partial charge in [0.15, 0.2) is 0 Å². The van der Waals surface area contributed by atoms with Crippen LogP contribution < -0.4 is 0 Å². The van der Waals surface area contributed by atoms with Crippen molar-refractivity contribution in [2.45, 2.75) is 45.1 Å². The van der Waals surface area contributed by atoms with Gasteiger partial charge in [0.1, 0.15) is 17.1 Å². The van der Waals surface area contributed by atoms with Crippen LogP contribution in [0.3, 0.4) is 0 Å². The highest BCUT2D eigenvalue weighted by atomic mass is 127. The van der Waals surface area contributed by atoms with E-state index in [1.807, 2.05) is 26.8 Å². The predicted molar refractivity (Wildman–Crippen MR) is 98.6 cm³/mol. The standard InChI is InChI=1S/C17H21FIN3O2/c1-17(2,3)24-16(23)22-6-4-10(5-7-22)14-11-8-13(19)21-15(11)20-9-12(14)18/h8-10H,4-7H2,1-3H3,(H,20,21). The number of fused-ring (bicyclic) bond motifs is 1. The molecule has 1 saturated heterocycles. The summed E-state index contributed by atoms with van der Waals surface area (Å²) in [5.74, 6) is -0.186. The number of hydrogen-bond donors (Lipinski definition) is 1. The molecule has 0 aliphatic carbocycles. The Morgan fingerprint density at radius 1 is 1.42 bits per heavy atom. The van der Waals surface area contributed by atoms with E-state index >= 15 is 0 Å². The van der Waals surface area contributed by atoms with E-state index in [0.717, 1.165) is 21.9 Å². The van der Waals surface area contributed by atoms with Gasteiger partial charge in [0.25, 0.3) is 0 Å². The monoisotopic (exact) mass is 445 g/mol. The van der Waals surface area contributed by atoms with Gasteiger partial charge in [0, 0.05) is 24.0 Å². The number of rotatable bonds is 1. The number of nitrogens with zero attached hydrogens (tertiary/aromatic N) is 2. The third kappa shape index (κ3) is 3.65. The Morgan fingerprint density at radius 3 is 2.71 bits per heavy atom. The van der Waals surface area contributed by atoms with Crippen LogP contribution in [-0.4, -0.2) is 39.7 Å². The average Bonchev–Trinajstić information content (AvgIpc) is 2.86. The molecule has 5 nitrogen and oxygen atoms in total. The molecule has 1 aliphatic rings. The van der Waals surface area contributed by atoms with Crippen molar-refractivity contribution in [1.29, 1.82) is 0 Å². The van der Waals surface area contributed by atoms with E-state index in [-0.39, 0.29) is 17.8 Å². The van der Waals surface area contributed by atoms with E-state index in [1.165, 1.54) is 6.20 Å². The van der Waals surface area contributed by atoms with Crippen molar-refractivity contribution in [3.8, 4) is 0 Å².